The number of rotatable bonds is 3. The topological polar surface area (TPSA) is 48.2 Å². The van der Waals surface area contributed by atoms with E-state index in [-0.39, 0.29) is 0 Å². The summed E-state index contributed by atoms with van der Waals surface area (Å²) in [6.07, 6.45) is 4.60. The van der Waals surface area contributed by atoms with Crippen LogP contribution < -0.4 is 4.74 Å². The Balaban J connectivity index is 1.44. The number of nitrogens with zero attached hydrogens (tertiary/aromatic N) is 2. The lowest BCUT2D eigenvalue weighted by Crippen LogP contribution is -2.03. The quantitative estimate of drug-likeness (QED) is 0.516. The van der Waals surface area contributed by atoms with Crippen LogP contribution in [0.5, 0.6) is 5.75 Å². The summed E-state index contributed by atoms with van der Waals surface area (Å²) in [4.78, 5) is 9.34. The third kappa shape index (κ3) is 2.62. The smallest absolute Gasteiger partial charge is 0.134 e. The van der Waals surface area contributed by atoms with Crippen molar-refractivity contribution in [3.8, 4) is 5.75 Å². The Morgan fingerprint density at radius 2 is 1.81 bits per heavy atom. The lowest BCUT2D eigenvalue weighted by atomic mass is 9.96. The fraction of sp³-hybridized carbons (Fsp3) is 0.273. The Hall–Kier alpha value is -2.88. The number of ether oxygens (including phenoxy) is 1. The molecule has 4 heteroatoms. The number of aryl methyl sites for hydroxylation is 3. The maximum Gasteiger partial charge on any atom is 0.134 e. The molecule has 0 amide bonds. The highest BCUT2D eigenvalue weighted by molar-refractivity contribution is 5.84. The lowest BCUT2D eigenvalue weighted by molar-refractivity contribution is 0.300. The van der Waals surface area contributed by atoms with Gasteiger partial charge in [-0.05, 0) is 56.5 Å². The zero-order chi connectivity index (χ0) is 17.5. The molecule has 0 saturated carbocycles. The maximum absolute atomic E-state index is 6.05. The molecule has 1 aliphatic rings. The molecule has 4 nitrogen and oxygen atoms in total. The molecule has 26 heavy (non-hydrogen) atoms. The highest BCUT2D eigenvalue weighted by Crippen LogP contribution is 2.34. The number of aromatic nitrogens is 2. The van der Waals surface area contributed by atoms with Gasteiger partial charge in [-0.2, -0.15) is 0 Å². The summed E-state index contributed by atoms with van der Waals surface area (Å²) in [6, 6.07) is 14.0. The molecule has 0 bridgehead atoms. The number of hydrogen-bond acceptors (Lipinski definition) is 4. The monoisotopic (exact) mass is 344 g/mol. The zero-order valence-electron chi connectivity index (χ0n) is 14.8. The summed E-state index contributed by atoms with van der Waals surface area (Å²) in [5.41, 5.74) is 5.92. The van der Waals surface area contributed by atoms with E-state index in [1.807, 2.05) is 43.3 Å². The van der Waals surface area contributed by atoms with Crippen molar-refractivity contribution in [1.29, 1.82) is 0 Å². The summed E-state index contributed by atoms with van der Waals surface area (Å²) in [5.74, 6) is 2.00. The van der Waals surface area contributed by atoms with E-state index < -0.39 is 0 Å². The van der Waals surface area contributed by atoms with Gasteiger partial charge in [0.25, 0.3) is 0 Å². The van der Waals surface area contributed by atoms with Gasteiger partial charge in [-0.25, -0.2) is 9.97 Å². The molecule has 0 unspecified atom stereocenters. The Labute approximate surface area is 151 Å². The molecule has 0 spiro atoms. The van der Waals surface area contributed by atoms with Gasteiger partial charge in [0.15, 0.2) is 0 Å². The largest absolute Gasteiger partial charge is 0.487 e. The van der Waals surface area contributed by atoms with Crippen LogP contribution in [0.4, 0.5) is 0 Å². The van der Waals surface area contributed by atoms with Crippen molar-refractivity contribution in [3.63, 3.8) is 0 Å². The predicted octanol–water partition coefficient (Wildman–Crippen LogP) is 5.14. The number of benzene rings is 2. The van der Waals surface area contributed by atoms with Crippen LogP contribution in [0.15, 0.2) is 46.9 Å². The SMILES string of the molecule is Cc1nc2ccccc2nc1COc1ccc2oc3c(c2c1)CCCC3. The van der Waals surface area contributed by atoms with Gasteiger partial charge in [0, 0.05) is 17.4 Å². The van der Waals surface area contributed by atoms with Crippen LogP contribution in [0.2, 0.25) is 0 Å². The van der Waals surface area contributed by atoms with Gasteiger partial charge >= 0.3 is 0 Å². The van der Waals surface area contributed by atoms with Gasteiger partial charge < -0.3 is 9.15 Å². The minimum atomic E-state index is 0.412. The second kappa shape index (κ2) is 6.13. The van der Waals surface area contributed by atoms with Crippen LogP contribution in [0.25, 0.3) is 22.0 Å². The first kappa shape index (κ1) is 15.4. The minimum Gasteiger partial charge on any atom is -0.487 e. The van der Waals surface area contributed by atoms with Crippen molar-refractivity contribution >= 4 is 22.0 Å². The van der Waals surface area contributed by atoms with Crippen LogP contribution in [-0.2, 0) is 19.4 Å². The van der Waals surface area contributed by atoms with Crippen molar-refractivity contribution in [2.45, 2.75) is 39.2 Å². The van der Waals surface area contributed by atoms with E-state index in [0.29, 0.717) is 6.61 Å². The Bertz CT molecular complexity index is 1110. The average molecular weight is 344 g/mol. The Morgan fingerprint density at radius 1 is 1.00 bits per heavy atom. The molecule has 0 radical (unpaired) electrons. The van der Waals surface area contributed by atoms with E-state index in [1.165, 1.54) is 23.8 Å². The number of furan rings is 1. The molecular formula is C22H20N2O2. The van der Waals surface area contributed by atoms with Crippen molar-refractivity contribution < 1.29 is 9.15 Å². The van der Waals surface area contributed by atoms with Crippen LogP contribution in [-0.4, -0.2) is 9.97 Å². The molecule has 0 fully saturated rings. The van der Waals surface area contributed by atoms with E-state index in [2.05, 4.69) is 11.1 Å². The van der Waals surface area contributed by atoms with E-state index in [9.17, 15) is 0 Å². The molecule has 1 aliphatic carbocycles. The molecule has 2 heterocycles. The van der Waals surface area contributed by atoms with Gasteiger partial charge in [0.2, 0.25) is 0 Å². The van der Waals surface area contributed by atoms with E-state index in [0.717, 1.165) is 52.4 Å². The Kier molecular flexibility index (Phi) is 3.63. The van der Waals surface area contributed by atoms with Crippen molar-refractivity contribution in [2.75, 3.05) is 0 Å². The van der Waals surface area contributed by atoms with Crippen LogP contribution >= 0.6 is 0 Å². The molecule has 2 aromatic heterocycles. The fourth-order valence-corrected chi connectivity index (χ4v) is 3.74. The number of hydrogen-bond donors (Lipinski definition) is 0. The summed E-state index contributed by atoms with van der Waals surface area (Å²) in [6.45, 7) is 2.39. The van der Waals surface area contributed by atoms with Gasteiger partial charge in [-0.3, -0.25) is 0 Å². The normalized spacial score (nSPS) is 13.9. The molecule has 0 N–H and O–H groups in total. The van der Waals surface area contributed by atoms with Crippen molar-refractivity contribution in [3.05, 3.63) is 65.2 Å². The van der Waals surface area contributed by atoms with Crippen molar-refractivity contribution in [1.82, 2.24) is 9.97 Å². The second-order valence-corrected chi connectivity index (χ2v) is 6.90. The van der Waals surface area contributed by atoms with Gasteiger partial charge in [-0.15, -0.1) is 0 Å². The first-order chi connectivity index (χ1) is 12.8. The average Bonchev–Trinajstić information content (AvgIpc) is 3.04. The maximum atomic E-state index is 6.05. The molecule has 130 valence electrons. The summed E-state index contributed by atoms with van der Waals surface area (Å²) >= 11 is 0. The van der Waals surface area contributed by atoms with Gasteiger partial charge in [-0.1, -0.05) is 12.1 Å². The zero-order valence-corrected chi connectivity index (χ0v) is 14.8. The fourth-order valence-electron chi connectivity index (χ4n) is 3.74. The van der Waals surface area contributed by atoms with Gasteiger partial charge in [0.1, 0.15) is 23.7 Å². The standard InChI is InChI=1S/C22H20N2O2/c1-14-20(24-19-8-4-3-7-18(19)23-14)13-25-15-10-11-22-17(12-15)16-6-2-5-9-21(16)26-22/h3-4,7-8,10-12H,2,5-6,9,13H2,1H3. The molecule has 4 aromatic rings. The first-order valence-corrected chi connectivity index (χ1v) is 9.17. The molecule has 5 rings (SSSR count). The lowest BCUT2D eigenvalue weighted by Gasteiger charge is -2.10. The van der Waals surface area contributed by atoms with E-state index in [1.54, 1.807) is 0 Å². The molecule has 2 aromatic carbocycles. The predicted molar refractivity (Wildman–Crippen MR) is 101 cm³/mol. The highest BCUT2D eigenvalue weighted by atomic mass is 16.5. The summed E-state index contributed by atoms with van der Waals surface area (Å²) in [5, 5.41) is 1.19. The summed E-state index contributed by atoms with van der Waals surface area (Å²) in [7, 11) is 0. The van der Waals surface area contributed by atoms with Gasteiger partial charge in [0.05, 0.1) is 22.4 Å². The number of fused-ring (bicyclic) bond motifs is 4. The van der Waals surface area contributed by atoms with Crippen LogP contribution in [0.3, 0.4) is 0 Å². The summed E-state index contributed by atoms with van der Waals surface area (Å²) < 4.78 is 12.0. The van der Waals surface area contributed by atoms with Crippen molar-refractivity contribution in [2.24, 2.45) is 0 Å². The molecule has 0 saturated heterocycles. The van der Waals surface area contributed by atoms with E-state index in [4.69, 9.17) is 14.1 Å². The van der Waals surface area contributed by atoms with Crippen LogP contribution in [0, 0.1) is 6.92 Å². The first-order valence-electron chi connectivity index (χ1n) is 9.17. The third-order valence-corrected chi connectivity index (χ3v) is 5.14. The molecule has 0 aliphatic heterocycles. The highest BCUT2D eigenvalue weighted by Gasteiger charge is 2.18. The molecular weight excluding hydrogens is 324 g/mol. The second-order valence-electron chi connectivity index (χ2n) is 6.90. The number of para-hydroxylation sites is 2. The third-order valence-electron chi connectivity index (χ3n) is 5.14. The molecule has 0 atom stereocenters. The van der Waals surface area contributed by atoms with E-state index >= 15 is 0 Å². The Morgan fingerprint density at radius 3 is 2.69 bits per heavy atom. The van der Waals surface area contributed by atoms with Crippen LogP contribution in [0.1, 0.15) is 35.6 Å². The minimum absolute atomic E-state index is 0.412.